The molecule has 0 aliphatic heterocycles. The molecule has 0 radical (unpaired) electrons. The average molecular weight is 282 g/mol. The van der Waals surface area contributed by atoms with Crippen LogP contribution in [0.15, 0.2) is 12.5 Å². The summed E-state index contributed by atoms with van der Waals surface area (Å²) < 4.78 is 0. The number of carbonyl (C=O) groups is 2. The monoisotopic (exact) mass is 282 g/mol. The molecular formula is C13H22N4O3. The largest absolute Gasteiger partial charge is 0.480 e. The van der Waals surface area contributed by atoms with Crippen LogP contribution in [-0.4, -0.2) is 50.6 Å². The summed E-state index contributed by atoms with van der Waals surface area (Å²) in [5.74, 6) is -1.06. The van der Waals surface area contributed by atoms with Crippen molar-refractivity contribution >= 4 is 12.0 Å². The number of rotatable bonds is 7. The molecule has 1 aromatic heterocycles. The summed E-state index contributed by atoms with van der Waals surface area (Å²) in [6, 6.07) is -1.25. The molecule has 1 heterocycles. The van der Waals surface area contributed by atoms with Gasteiger partial charge in [-0.05, 0) is 20.3 Å². The molecule has 20 heavy (non-hydrogen) atoms. The van der Waals surface area contributed by atoms with Crippen molar-refractivity contribution in [3.05, 3.63) is 18.2 Å². The molecule has 2 amide bonds. The molecule has 7 heteroatoms. The van der Waals surface area contributed by atoms with Crippen molar-refractivity contribution in [3.8, 4) is 0 Å². The lowest BCUT2D eigenvalue weighted by molar-refractivity contribution is -0.139. The fourth-order valence-electron chi connectivity index (χ4n) is 1.92. The van der Waals surface area contributed by atoms with Crippen LogP contribution in [0.1, 0.15) is 32.9 Å². The minimum absolute atomic E-state index is 0.0709. The third-order valence-corrected chi connectivity index (χ3v) is 3.30. The summed E-state index contributed by atoms with van der Waals surface area (Å²) in [5, 5.41) is 11.8. The third-order valence-electron chi connectivity index (χ3n) is 3.30. The normalized spacial score (nSPS) is 13.6. The number of nitrogens with zero attached hydrogens (tertiary/aromatic N) is 2. The molecule has 0 saturated heterocycles. The summed E-state index contributed by atoms with van der Waals surface area (Å²) in [6.45, 7) is 6.33. The number of aromatic amines is 1. The highest BCUT2D eigenvalue weighted by atomic mass is 16.4. The van der Waals surface area contributed by atoms with Gasteiger partial charge in [0, 0.05) is 30.9 Å². The SMILES string of the molecule is CCC(C)N(CC)C(=O)N[C@@H](Cc1cnc[nH]1)C(=O)O. The van der Waals surface area contributed by atoms with Crippen LogP contribution in [0.5, 0.6) is 0 Å². The van der Waals surface area contributed by atoms with Crippen LogP contribution >= 0.6 is 0 Å². The second-order valence-electron chi connectivity index (χ2n) is 4.66. The van der Waals surface area contributed by atoms with E-state index in [2.05, 4.69) is 15.3 Å². The number of nitrogens with one attached hydrogen (secondary N) is 2. The van der Waals surface area contributed by atoms with E-state index >= 15 is 0 Å². The molecule has 1 rings (SSSR count). The highest BCUT2D eigenvalue weighted by Gasteiger charge is 2.25. The summed E-state index contributed by atoms with van der Waals surface area (Å²) in [4.78, 5) is 31.7. The van der Waals surface area contributed by atoms with Crippen LogP contribution in [-0.2, 0) is 11.2 Å². The summed E-state index contributed by atoms with van der Waals surface area (Å²) in [5.41, 5.74) is 0.671. The number of aliphatic carboxylic acids is 1. The first-order chi connectivity index (χ1) is 9.49. The number of carboxylic acids is 1. The molecule has 0 bridgehead atoms. The van der Waals surface area contributed by atoms with Crippen LogP contribution in [0, 0.1) is 0 Å². The van der Waals surface area contributed by atoms with Gasteiger partial charge in [0.25, 0.3) is 0 Å². The van der Waals surface area contributed by atoms with Crippen LogP contribution in [0.2, 0.25) is 0 Å². The van der Waals surface area contributed by atoms with E-state index in [1.54, 1.807) is 11.1 Å². The Morgan fingerprint density at radius 1 is 1.50 bits per heavy atom. The molecule has 0 aliphatic rings. The lowest BCUT2D eigenvalue weighted by atomic mass is 10.1. The Bertz CT molecular complexity index is 433. The number of carboxylic acid groups (broad SMARTS) is 1. The van der Waals surface area contributed by atoms with E-state index in [1.165, 1.54) is 6.33 Å². The zero-order valence-electron chi connectivity index (χ0n) is 12.1. The number of H-pyrrole nitrogens is 1. The maximum absolute atomic E-state index is 12.1. The molecule has 1 unspecified atom stereocenters. The van der Waals surface area contributed by atoms with Crippen molar-refractivity contribution < 1.29 is 14.7 Å². The first-order valence-corrected chi connectivity index (χ1v) is 6.76. The van der Waals surface area contributed by atoms with Gasteiger partial charge in [0.1, 0.15) is 6.04 Å². The molecule has 0 fully saturated rings. The Morgan fingerprint density at radius 3 is 2.65 bits per heavy atom. The van der Waals surface area contributed by atoms with E-state index in [9.17, 15) is 14.7 Å². The van der Waals surface area contributed by atoms with E-state index in [-0.39, 0.29) is 18.5 Å². The molecule has 0 aliphatic carbocycles. The first-order valence-electron chi connectivity index (χ1n) is 6.76. The van der Waals surface area contributed by atoms with E-state index in [0.717, 1.165) is 6.42 Å². The smallest absolute Gasteiger partial charge is 0.326 e. The van der Waals surface area contributed by atoms with Crippen molar-refractivity contribution in [3.63, 3.8) is 0 Å². The standard InChI is InChI=1S/C13H22N4O3/c1-4-9(3)17(5-2)13(20)16-11(12(18)19)6-10-7-14-8-15-10/h7-9,11H,4-6H2,1-3H3,(H,14,15)(H,16,20)(H,18,19)/t9?,11-/m0/s1. The number of hydrogen-bond donors (Lipinski definition) is 3. The van der Waals surface area contributed by atoms with Crippen molar-refractivity contribution in [1.29, 1.82) is 0 Å². The molecule has 0 spiro atoms. The summed E-state index contributed by atoms with van der Waals surface area (Å²) in [6.07, 6.45) is 4.03. The van der Waals surface area contributed by atoms with Crippen LogP contribution < -0.4 is 5.32 Å². The number of carbonyl (C=O) groups excluding carboxylic acids is 1. The van der Waals surface area contributed by atoms with Crippen LogP contribution in [0.4, 0.5) is 4.79 Å². The first kappa shape index (κ1) is 16.0. The maximum atomic E-state index is 12.1. The number of urea groups is 1. The molecule has 3 N–H and O–H groups in total. The lowest BCUT2D eigenvalue weighted by Crippen LogP contribution is -2.51. The Hall–Kier alpha value is -2.05. The third kappa shape index (κ3) is 4.25. The fourth-order valence-corrected chi connectivity index (χ4v) is 1.92. The van der Waals surface area contributed by atoms with Crippen molar-refractivity contribution in [1.82, 2.24) is 20.2 Å². The minimum Gasteiger partial charge on any atom is -0.480 e. The second kappa shape index (κ2) is 7.52. The summed E-state index contributed by atoms with van der Waals surface area (Å²) >= 11 is 0. The van der Waals surface area contributed by atoms with Gasteiger partial charge in [-0.25, -0.2) is 14.6 Å². The predicted molar refractivity (Wildman–Crippen MR) is 74.4 cm³/mol. The van der Waals surface area contributed by atoms with Gasteiger partial charge in [0.15, 0.2) is 0 Å². The van der Waals surface area contributed by atoms with Crippen LogP contribution in [0.3, 0.4) is 0 Å². The molecule has 0 aromatic carbocycles. The van der Waals surface area contributed by atoms with Gasteiger partial charge in [-0.3, -0.25) is 0 Å². The second-order valence-corrected chi connectivity index (χ2v) is 4.66. The maximum Gasteiger partial charge on any atom is 0.326 e. The van der Waals surface area contributed by atoms with Gasteiger partial charge in [0.05, 0.1) is 6.33 Å². The molecular weight excluding hydrogens is 260 g/mol. The Morgan fingerprint density at radius 2 is 2.20 bits per heavy atom. The van der Waals surface area contributed by atoms with Gasteiger partial charge in [-0.1, -0.05) is 6.92 Å². The quantitative estimate of drug-likeness (QED) is 0.700. The van der Waals surface area contributed by atoms with Crippen molar-refractivity contribution in [2.45, 2.75) is 45.7 Å². The van der Waals surface area contributed by atoms with E-state index in [1.807, 2.05) is 20.8 Å². The van der Waals surface area contributed by atoms with Gasteiger partial charge in [0.2, 0.25) is 0 Å². The van der Waals surface area contributed by atoms with Crippen molar-refractivity contribution in [2.24, 2.45) is 0 Å². The van der Waals surface area contributed by atoms with E-state index in [4.69, 9.17) is 0 Å². The number of hydrogen-bond acceptors (Lipinski definition) is 3. The Labute approximate surface area is 118 Å². The zero-order chi connectivity index (χ0) is 15.1. The van der Waals surface area contributed by atoms with Gasteiger partial charge in [-0.15, -0.1) is 0 Å². The highest BCUT2D eigenvalue weighted by Crippen LogP contribution is 2.05. The van der Waals surface area contributed by atoms with Gasteiger partial charge >= 0.3 is 12.0 Å². The van der Waals surface area contributed by atoms with Gasteiger partial charge < -0.3 is 20.3 Å². The Kier molecular flexibility index (Phi) is 6.02. The van der Waals surface area contributed by atoms with E-state index < -0.39 is 12.0 Å². The number of amides is 2. The summed E-state index contributed by atoms with van der Waals surface area (Å²) in [7, 11) is 0. The fraction of sp³-hybridized carbons (Fsp3) is 0.615. The average Bonchev–Trinajstić information content (AvgIpc) is 2.91. The molecule has 2 atom stereocenters. The number of imidazole rings is 1. The van der Waals surface area contributed by atoms with Crippen LogP contribution in [0.25, 0.3) is 0 Å². The zero-order valence-corrected chi connectivity index (χ0v) is 12.1. The minimum atomic E-state index is -1.06. The predicted octanol–water partition coefficient (Wildman–Crippen LogP) is 1.24. The lowest BCUT2D eigenvalue weighted by Gasteiger charge is -2.28. The van der Waals surface area contributed by atoms with Gasteiger partial charge in [-0.2, -0.15) is 0 Å². The molecule has 1 aromatic rings. The molecule has 7 nitrogen and oxygen atoms in total. The molecule has 0 saturated carbocycles. The molecule has 112 valence electrons. The van der Waals surface area contributed by atoms with Crippen molar-refractivity contribution in [2.75, 3.05) is 6.54 Å². The van der Waals surface area contributed by atoms with E-state index in [0.29, 0.717) is 12.2 Å². The number of aromatic nitrogens is 2. The topological polar surface area (TPSA) is 98.3 Å². The Balaban J connectivity index is 2.69. The highest BCUT2D eigenvalue weighted by molar-refractivity contribution is 5.82.